The Labute approximate surface area is 133 Å². The van der Waals surface area contributed by atoms with Crippen LogP contribution in [0.1, 0.15) is 32.5 Å². The van der Waals surface area contributed by atoms with Crippen molar-refractivity contribution in [3.8, 4) is 0 Å². The molecule has 1 saturated heterocycles. The first-order valence-corrected chi connectivity index (χ1v) is 8.33. The quantitative estimate of drug-likeness (QED) is 0.567. The van der Waals surface area contributed by atoms with Gasteiger partial charge in [-0.3, -0.25) is 4.99 Å². The number of aliphatic imine (C=N–C) groups is 1. The van der Waals surface area contributed by atoms with E-state index in [4.69, 9.17) is 4.99 Å². The molecule has 0 bridgehead atoms. The van der Waals surface area contributed by atoms with Gasteiger partial charge in [-0.15, -0.1) is 10.2 Å². The first kappa shape index (κ1) is 16.7. The van der Waals surface area contributed by atoms with E-state index in [-0.39, 0.29) is 0 Å². The molecule has 1 aromatic rings. The maximum Gasteiger partial charge on any atom is 0.191 e. The summed E-state index contributed by atoms with van der Waals surface area (Å²) in [5, 5.41) is 14.8. The van der Waals surface area contributed by atoms with Crippen LogP contribution in [0.5, 0.6) is 0 Å². The summed E-state index contributed by atoms with van der Waals surface area (Å²) < 4.78 is 2.08. The topological polar surface area (TPSA) is 70.4 Å². The zero-order valence-corrected chi connectivity index (χ0v) is 14.0. The molecule has 0 radical (unpaired) electrons. The van der Waals surface area contributed by atoms with Crippen molar-refractivity contribution in [2.24, 2.45) is 4.99 Å². The lowest BCUT2D eigenvalue weighted by molar-refractivity contribution is 0.317. The number of aryl methyl sites for hydroxylation is 1. The minimum Gasteiger partial charge on any atom is -0.357 e. The average Bonchev–Trinajstić information content (AvgIpc) is 3.13. The molecule has 2 rings (SSSR count). The van der Waals surface area contributed by atoms with Gasteiger partial charge in [-0.25, -0.2) is 0 Å². The van der Waals surface area contributed by atoms with E-state index in [9.17, 15) is 0 Å². The van der Waals surface area contributed by atoms with Gasteiger partial charge in [-0.2, -0.15) is 0 Å². The summed E-state index contributed by atoms with van der Waals surface area (Å²) in [6.07, 6.45) is 5.23. The predicted octanol–water partition coefficient (Wildman–Crippen LogP) is 0.490. The molecule has 7 nitrogen and oxygen atoms in total. The molecule has 2 heterocycles. The van der Waals surface area contributed by atoms with Gasteiger partial charge in [-0.1, -0.05) is 6.92 Å². The predicted molar refractivity (Wildman–Crippen MR) is 89.0 cm³/mol. The second-order valence-electron chi connectivity index (χ2n) is 5.72. The summed E-state index contributed by atoms with van der Waals surface area (Å²) in [5.74, 6) is 1.92. The van der Waals surface area contributed by atoms with Crippen LogP contribution in [0.15, 0.2) is 11.3 Å². The molecule has 1 atom stereocenters. The molecule has 1 aliphatic rings. The van der Waals surface area contributed by atoms with Crippen molar-refractivity contribution in [3.05, 3.63) is 12.2 Å². The summed E-state index contributed by atoms with van der Waals surface area (Å²) in [4.78, 5) is 7.12. The van der Waals surface area contributed by atoms with E-state index in [1.807, 2.05) is 0 Å². The van der Waals surface area contributed by atoms with Crippen LogP contribution >= 0.6 is 0 Å². The van der Waals surface area contributed by atoms with Crippen LogP contribution < -0.4 is 10.6 Å². The highest BCUT2D eigenvalue weighted by atomic mass is 15.3. The highest BCUT2D eigenvalue weighted by molar-refractivity contribution is 5.79. The number of hydrogen-bond acceptors (Lipinski definition) is 4. The van der Waals surface area contributed by atoms with Crippen LogP contribution in [0, 0.1) is 0 Å². The highest BCUT2D eigenvalue weighted by Crippen LogP contribution is 2.14. The van der Waals surface area contributed by atoms with Crippen molar-refractivity contribution in [3.63, 3.8) is 0 Å². The minimum absolute atomic E-state index is 0.583. The summed E-state index contributed by atoms with van der Waals surface area (Å²) in [6, 6.07) is 0.583. The smallest absolute Gasteiger partial charge is 0.191 e. The molecule has 1 aromatic heterocycles. The molecular weight excluding hydrogens is 278 g/mol. The van der Waals surface area contributed by atoms with Crippen molar-refractivity contribution < 1.29 is 0 Å². The van der Waals surface area contributed by atoms with E-state index in [1.54, 1.807) is 6.33 Å². The number of rotatable bonds is 7. The Bertz CT molecular complexity index is 468. The van der Waals surface area contributed by atoms with E-state index in [2.05, 4.69) is 51.2 Å². The summed E-state index contributed by atoms with van der Waals surface area (Å²) in [7, 11) is 2.19. The number of likely N-dealkylation sites (tertiary alicyclic amines) is 1. The van der Waals surface area contributed by atoms with Gasteiger partial charge in [0.05, 0.1) is 6.54 Å². The molecular formula is C15H29N7. The summed E-state index contributed by atoms with van der Waals surface area (Å²) >= 11 is 0. The second-order valence-corrected chi connectivity index (χ2v) is 5.72. The molecule has 0 saturated carbocycles. The molecule has 124 valence electrons. The molecule has 1 unspecified atom stereocenters. The molecule has 1 aliphatic heterocycles. The van der Waals surface area contributed by atoms with Crippen molar-refractivity contribution >= 4 is 5.96 Å². The van der Waals surface area contributed by atoms with Crippen LogP contribution in [0.4, 0.5) is 0 Å². The van der Waals surface area contributed by atoms with Crippen LogP contribution in [0.25, 0.3) is 0 Å². The van der Waals surface area contributed by atoms with Gasteiger partial charge in [0.2, 0.25) is 0 Å². The first-order valence-electron chi connectivity index (χ1n) is 8.33. The molecule has 22 heavy (non-hydrogen) atoms. The van der Waals surface area contributed by atoms with Crippen LogP contribution in [-0.4, -0.2) is 64.9 Å². The van der Waals surface area contributed by atoms with Crippen molar-refractivity contribution in [1.29, 1.82) is 0 Å². The lowest BCUT2D eigenvalue weighted by Crippen LogP contribution is -2.40. The Morgan fingerprint density at radius 2 is 2.27 bits per heavy atom. The molecule has 0 aliphatic carbocycles. The van der Waals surface area contributed by atoms with Gasteiger partial charge in [-0.05, 0) is 33.4 Å². The Hall–Kier alpha value is -1.63. The fourth-order valence-corrected chi connectivity index (χ4v) is 2.78. The highest BCUT2D eigenvalue weighted by Gasteiger charge is 2.20. The summed E-state index contributed by atoms with van der Waals surface area (Å²) in [5.41, 5.74) is 0. The second kappa shape index (κ2) is 8.73. The monoisotopic (exact) mass is 307 g/mol. The number of nitrogens with zero attached hydrogens (tertiary/aromatic N) is 5. The first-order chi connectivity index (χ1) is 10.7. The number of aromatic nitrogens is 3. The normalized spacial score (nSPS) is 19.6. The zero-order valence-electron chi connectivity index (χ0n) is 14.0. The van der Waals surface area contributed by atoms with E-state index in [0.29, 0.717) is 6.04 Å². The molecule has 0 amide bonds. The third-order valence-electron chi connectivity index (χ3n) is 4.13. The largest absolute Gasteiger partial charge is 0.357 e. The number of nitrogens with one attached hydrogen (secondary N) is 2. The lowest BCUT2D eigenvalue weighted by atomic mass is 10.2. The Balaban J connectivity index is 1.80. The van der Waals surface area contributed by atoms with Gasteiger partial charge in [0, 0.05) is 32.1 Å². The fraction of sp³-hybridized carbons (Fsp3) is 0.800. The Morgan fingerprint density at radius 1 is 1.41 bits per heavy atom. The van der Waals surface area contributed by atoms with Crippen LogP contribution in [-0.2, 0) is 13.0 Å². The van der Waals surface area contributed by atoms with Gasteiger partial charge in [0.15, 0.2) is 5.96 Å². The minimum atomic E-state index is 0.583. The third-order valence-corrected chi connectivity index (χ3v) is 4.13. The van der Waals surface area contributed by atoms with Gasteiger partial charge in [0.1, 0.15) is 12.2 Å². The number of likely N-dealkylation sites (N-methyl/N-ethyl adjacent to an activating group) is 1. The van der Waals surface area contributed by atoms with Gasteiger partial charge >= 0.3 is 0 Å². The van der Waals surface area contributed by atoms with E-state index in [1.165, 1.54) is 19.4 Å². The average molecular weight is 307 g/mol. The van der Waals surface area contributed by atoms with Crippen LogP contribution in [0.2, 0.25) is 0 Å². The molecule has 2 N–H and O–H groups in total. The van der Waals surface area contributed by atoms with E-state index in [0.717, 1.165) is 44.4 Å². The SMILES string of the molecule is CCNC(=NCC1CCCN1C)NCCn1cnnc1CC. The maximum atomic E-state index is 4.72. The standard InChI is InChI=1S/C15H29N7/c1-4-14-20-19-12-22(14)10-8-17-15(16-5-2)18-11-13-7-6-9-21(13)3/h12-13H,4-11H2,1-3H3,(H2,16,17,18). The van der Waals surface area contributed by atoms with E-state index < -0.39 is 0 Å². The molecule has 7 heteroatoms. The Morgan fingerprint density at radius 3 is 2.95 bits per heavy atom. The number of hydrogen-bond donors (Lipinski definition) is 2. The lowest BCUT2D eigenvalue weighted by Gasteiger charge is -2.18. The van der Waals surface area contributed by atoms with Crippen molar-refractivity contribution in [2.75, 3.05) is 33.2 Å². The Kier molecular flexibility index (Phi) is 6.64. The maximum absolute atomic E-state index is 4.72. The molecule has 0 aromatic carbocycles. The summed E-state index contributed by atoms with van der Waals surface area (Å²) in [6.45, 7) is 8.78. The van der Waals surface area contributed by atoms with Gasteiger partial charge < -0.3 is 20.1 Å². The third kappa shape index (κ3) is 4.69. The number of guanidine groups is 1. The molecule has 1 fully saturated rings. The van der Waals surface area contributed by atoms with Crippen LogP contribution in [0.3, 0.4) is 0 Å². The fourth-order valence-electron chi connectivity index (χ4n) is 2.78. The zero-order chi connectivity index (χ0) is 15.8. The van der Waals surface area contributed by atoms with E-state index >= 15 is 0 Å². The molecule has 0 spiro atoms. The van der Waals surface area contributed by atoms with Crippen molar-refractivity contribution in [1.82, 2.24) is 30.3 Å². The van der Waals surface area contributed by atoms with Gasteiger partial charge in [0.25, 0.3) is 0 Å². The van der Waals surface area contributed by atoms with Crippen molar-refractivity contribution in [2.45, 2.75) is 45.7 Å².